The van der Waals surface area contributed by atoms with Crippen LogP contribution < -0.4 is 5.32 Å². The largest absolute Gasteiger partial charge is 0.373 e. The summed E-state index contributed by atoms with van der Waals surface area (Å²) in [4.78, 5) is 12.6. The van der Waals surface area contributed by atoms with Crippen LogP contribution in [0, 0.1) is 0 Å². The van der Waals surface area contributed by atoms with Crippen molar-refractivity contribution in [2.45, 2.75) is 6.92 Å². The lowest BCUT2D eigenvalue weighted by Gasteiger charge is -2.21. The van der Waals surface area contributed by atoms with Gasteiger partial charge in [-0.2, -0.15) is 0 Å². The van der Waals surface area contributed by atoms with Crippen LogP contribution in [0.1, 0.15) is 6.92 Å². The second kappa shape index (κ2) is 2.09. The third kappa shape index (κ3) is 1.04. The molecule has 0 unspecified atom stereocenters. The minimum atomic E-state index is 0.105. The molecule has 1 amide bonds. The van der Waals surface area contributed by atoms with Gasteiger partial charge < -0.3 is 10.2 Å². The molecule has 0 saturated carbocycles. The first-order chi connectivity index (χ1) is 4.22. The molecule has 1 aliphatic heterocycles. The fraction of sp³-hybridized carbons (Fsp3) is 0.500. The van der Waals surface area contributed by atoms with Gasteiger partial charge in [0.1, 0.15) is 0 Å². The molecule has 0 spiro atoms. The number of carbonyl (C=O) groups is 1. The monoisotopic (exact) mass is 126 g/mol. The average molecular weight is 126 g/mol. The van der Waals surface area contributed by atoms with Gasteiger partial charge >= 0.3 is 0 Å². The molecule has 0 bridgehead atoms. The minimum absolute atomic E-state index is 0.105. The molecule has 0 aromatic rings. The fourth-order valence-corrected chi connectivity index (χ4v) is 0.770. The summed E-state index contributed by atoms with van der Waals surface area (Å²) in [6.07, 6.45) is 1.74. The number of rotatable bonds is 0. The fourth-order valence-electron chi connectivity index (χ4n) is 0.770. The molecule has 3 heteroatoms. The first kappa shape index (κ1) is 6.13. The first-order valence-corrected chi connectivity index (χ1v) is 2.87. The van der Waals surface area contributed by atoms with E-state index in [1.54, 1.807) is 25.1 Å². The highest BCUT2D eigenvalue weighted by molar-refractivity contribution is 5.93. The van der Waals surface area contributed by atoms with Crippen molar-refractivity contribution in [2.75, 3.05) is 13.7 Å². The predicted molar refractivity (Wildman–Crippen MR) is 34.5 cm³/mol. The van der Waals surface area contributed by atoms with E-state index in [0.29, 0.717) is 6.67 Å². The molecule has 0 fully saturated rings. The number of amides is 1. The molecule has 1 aliphatic rings. The highest BCUT2D eigenvalue weighted by atomic mass is 16.2. The van der Waals surface area contributed by atoms with Crippen molar-refractivity contribution in [1.82, 2.24) is 10.2 Å². The number of nitrogens with zero attached hydrogens (tertiary/aromatic N) is 1. The van der Waals surface area contributed by atoms with Crippen LogP contribution in [0.15, 0.2) is 11.8 Å². The van der Waals surface area contributed by atoms with Crippen LogP contribution in [0.3, 0.4) is 0 Å². The molecule has 0 atom stereocenters. The van der Waals surface area contributed by atoms with Crippen molar-refractivity contribution in [1.29, 1.82) is 0 Å². The van der Waals surface area contributed by atoms with Gasteiger partial charge in [-0.1, -0.05) is 0 Å². The Morgan fingerprint density at radius 2 is 2.44 bits per heavy atom. The van der Waals surface area contributed by atoms with Gasteiger partial charge in [0.2, 0.25) is 0 Å². The lowest BCUT2D eigenvalue weighted by molar-refractivity contribution is -0.126. The van der Waals surface area contributed by atoms with E-state index in [1.807, 2.05) is 0 Å². The van der Waals surface area contributed by atoms with Gasteiger partial charge in [-0.05, 0) is 6.92 Å². The third-order valence-electron chi connectivity index (χ3n) is 1.33. The van der Waals surface area contributed by atoms with Crippen LogP contribution in [0.4, 0.5) is 0 Å². The molecule has 0 aromatic heterocycles. The van der Waals surface area contributed by atoms with Gasteiger partial charge in [-0.3, -0.25) is 4.79 Å². The van der Waals surface area contributed by atoms with Crippen LogP contribution in [0.5, 0.6) is 0 Å². The number of carbonyl (C=O) groups excluding carboxylic acids is 1. The Kier molecular flexibility index (Phi) is 1.42. The number of hydrogen-bond acceptors (Lipinski definition) is 2. The number of hydrogen-bond donors (Lipinski definition) is 1. The summed E-state index contributed by atoms with van der Waals surface area (Å²) in [6.45, 7) is 2.42. The Morgan fingerprint density at radius 1 is 1.78 bits per heavy atom. The van der Waals surface area contributed by atoms with E-state index >= 15 is 0 Å². The van der Waals surface area contributed by atoms with Gasteiger partial charge in [-0.15, -0.1) is 0 Å². The van der Waals surface area contributed by atoms with Crippen LogP contribution in [0.2, 0.25) is 0 Å². The average Bonchev–Trinajstić information content (AvgIpc) is 1.83. The summed E-state index contributed by atoms with van der Waals surface area (Å²) in [5.74, 6) is 0.105. The molecule has 0 radical (unpaired) electrons. The van der Waals surface area contributed by atoms with Gasteiger partial charge in [0, 0.05) is 18.8 Å². The van der Waals surface area contributed by atoms with Crippen LogP contribution in [-0.4, -0.2) is 24.5 Å². The van der Waals surface area contributed by atoms with Crippen LogP contribution in [0.25, 0.3) is 0 Å². The van der Waals surface area contributed by atoms with Crippen molar-refractivity contribution < 1.29 is 4.79 Å². The third-order valence-corrected chi connectivity index (χ3v) is 1.33. The Balaban J connectivity index is 2.74. The maximum absolute atomic E-state index is 10.9. The molecule has 0 saturated heterocycles. The summed E-state index contributed by atoms with van der Waals surface area (Å²) in [7, 11) is 1.77. The van der Waals surface area contributed by atoms with E-state index in [-0.39, 0.29) is 5.91 Å². The Morgan fingerprint density at radius 3 is 2.89 bits per heavy atom. The maximum Gasteiger partial charge on any atom is 0.252 e. The minimum Gasteiger partial charge on any atom is -0.373 e. The summed E-state index contributed by atoms with van der Waals surface area (Å²) >= 11 is 0. The molecule has 3 nitrogen and oxygen atoms in total. The zero-order chi connectivity index (χ0) is 6.85. The molecule has 1 rings (SSSR count). The molecule has 1 heterocycles. The van der Waals surface area contributed by atoms with E-state index in [1.165, 1.54) is 0 Å². The number of likely N-dealkylation sites (N-methyl/N-ethyl adjacent to an activating group) is 1. The highest BCUT2D eigenvalue weighted by Crippen LogP contribution is 2.00. The summed E-state index contributed by atoms with van der Waals surface area (Å²) in [6, 6.07) is 0. The zero-order valence-electron chi connectivity index (χ0n) is 5.64. The molecule has 0 aliphatic carbocycles. The van der Waals surface area contributed by atoms with Crippen molar-refractivity contribution in [2.24, 2.45) is 0 Å². The SMILES string of the molecule is CC1=CNCN(C)C1=O. The van der Waals surface area contributed by atoms with E-state index in [2.05, 4.69) is 5.32 Å². The van der Waals surface area contributed by atoms with Crippen LogP contribution >= 0.6 is 0 Å². The Hall–Kier alpha value is -0.990. The van der Waals surface area contributed by atoms with E-state index in [9.17, 15) is 4.79 Å². The van der Waals surface area contributed by atoms with Gasteiger partial charge in [-0.25, -0.2) is 0 Å². The van der Waals surface area contributed by atoms with Crippen molar-refractivity contribution in [3.8, 4) is 0 Å². The predicted octanol–water partition coefficient (Wildman–Crippen LogP) is -0.0907. The Bertz CT molecular complexity index is 162. The molecule has 0 aromatic carbocycles. The molecule has 1 N–H and O–H groups in total. The first-order valence-electron chi connectivity index (χ1n) is 2.87. The van der Waals surface area contributed by atoms with Gasteiger partial charge in [0.25, 0.3) is 5.91 Å². The highest BCUT2D eigenvalue weighted by Gasteiger charge is 2.12. The van der Waals surface area contributed by atoms with Crippen molar-refractivity contribution >= 4 is 5.91 Å². The topological polar surface area (TPSA) is 32.3 Å². The van der Waals surface area contributed by atoms with Crippen molar-refractivity contribution in [3.05, 3.63) is 11.8 Å². The van der Waals surface area contributed by atoms with Gasteiger partial charge in [0.05, 0.1) is 6.67 Å². The standard InChI is InChI=1S/C6H10N2O/c1-5-3-7-4-8(2)6(5)9/h3,7H,4H2,1-2H3. The normalized spacial score (nSPS) is 19.1. The second-order valence-corrected chi connectivity index (χ2v) is 2.19. The van der Waals surface area contributed by atoms with E-state index in [4.69, 9.17) is 0 Å². The van der Waals surface area contributed by atoms with E-state index < -0.39 is 0 Å². The smallest absolute Gasteiger partial charge is 0.252 e. The van der Waals surface area contributed by atoms with Crippen LogP contribution in [-0.2, 0) is 4.79 Å². The Labute approximate surface area is 54.3 Å². The second-order valence-electron chi connectivity index (χ2n) is 2.19. The maximum atomic E-state index is 10.9. The summed E-state index contributed by atoms with van der Waals surface area (Å²) in [5.41, 5.74) is 0.767. The lowest BCUT2D eigenvalue weighted by atomic mass is 10.3. The molecular formula is C6H10N2O. The molecular weight excluding hydrogens is 116 g/mol. The lowest BCUT2D eigenvalue weighted by Crippen LogP contribution is -2.38. The number of nitrogens with one attached hydrogen (secondary N) is 1. The van der Waals surface area contributed by atoms with Crippen molar-refractivity contribution in [3.63, 3.8) is 0 Å². The quantitative estimate of drug-likeness (QED) is 0.492. The molecule has 9 heavy (non-hydrogen) atoms. The van der Waals surface area contributed by atoms with E-state index in [0.717, 1.165) is 5.57 Å². The van der Waals surface area contributed by atoms with Gasteiger partial charge in [0.15, 0.2) is 0 Å². The zero-order valence-corrected chi connectivity index (χ0v) is 5.64. The summed E-state index contributed by atoms with van der Waals surface area (Å²) < 4.78 is 0. The summed E-state index contributed by atoms with van der Waals surface area (Å²) in [5, 5.41) is 2.96. The molecule has 50 valence electrons.